The minimum atomic E-state index is -4.36. The molecule has 1 fully saturated rings. The smallest absolute Gasteiger partial charge is 0.417 e. The summed E-state index contributed by atoms with van der Waals surface area (Å²) in [6, 6.07) is 4.74. The van der Waals surface area contributed by atoms with Crippen molar-refractivity contribution in [2.45, 2.75) is 6.18 Å². The maximum Gasteiger partial charge on any atom is 0.417 e. The number of hydrogen-bond acceptors (Lipinski definition) is 7. The molecule has 32 heavy (non-hydrogen) atoms. The van der Waals surface area contributed by atoms with Gasteiger partial charge in [-0.15, -0.1) is 11.3 Å². The molecule has 0 atom stereocenters. The van der Waals surface area contributed by atoms with Crippen molar-refractivity contribution in [2.24, 2.45) is 0 Å². The van der Waals surface area contributed by atoms with Crippen LogP contribution in [0.3, 0.4) is 0 Å². The number of hydrogen-bond donors (Lipinski definition) is 1. The Hall–Kier alpha value is -2.86. The summed E-state index contributed by atoms with van der Waals surface area (Å²) in [5, 5.41) is 5.61. The first kappa shape index (κ1) is 22.3. The molecule has 0 radical (unpaired) electrons. The van der Waals surface area contributed by atoms with Gasteiger partial charge in [-0.25, -0.2) is 9.97 Å². The molecule has 0 saturated carbocycles. The second kappa shape index (κ2) is 8.94. The fourth-order valence-corrected chi connectivity index (χ4v) is 4.64. The largest absolute Gasteiger partial charge is 0.493 e. The molecule has 3 heterocycles. The van der Waals surface area contributed by atoms with Crippen molar-refractivity contribution in [1.29, 1.82) is 0 Å². The molecule has 1 saturated heterocycles. The number of nitrogens with zero attached hydrogens (tertiary/aromatic N) is 4. The monoisotopic (exact) mass is 483 g/mol. The van der Waals surface area contributed by atoms with Crippen molar-refractivity contribution >= 4 is 50.4 Å². The fourth-order valence-electron chi connectivity index (χ4n) is 3.48. The number of halogens is 3. The predicted octanol–water partition coefficient (Wildman–Crippen LogP) is 4.25. The lowest BCUT2D eigenvalue weighted by Crippen LogP contribution is -2.50. The van der Waals surface area contributed by atoms with Gasteiger partial charge in [-0.2, -0.15) is 13.2 Å². The maximum absolute atomic E-state index is 12.8. The zero-order valence-electron chi connectivity index (χ0n) is 17.3. The zero-order chi connectivity index (χ0) is 22.9. The number of anilines is 2. The summed E-state index contributed by atoms with van der Waals surface area (Å²) in [7, 11) is 3.15. The number of benzene rings is 1. The third kappa shape index (κ3) is 4.51. The third-order valence-electron chi connectivity index (χ3n) is 5.14. The van der Waals surface area contributed by atoms with Gasteiger partial charge in [0.25, 0.3) is 0 Å². The second-order valence-corrected chi connectivity index (χ2v) is 8.32. The van der Waals surface area contributed by atoms with Crippen molar-refractivity contribution in [3.8, 4) is 11.5 Å². The van der Waals surface area contributed by atoms with Crippen LogP contribution in [0, 0.1) is 0 Å². The van der Waals surface area contributed by atoms with Gasteiger partial charge >= 0.3 is 6.18 Å². The van der Waals surface area contributed by atoms with E-state index in [1.165, 1.54) is 6.33 Å². The van der Waals surface area contributed by atoms with Gasteiger partial charge in [0.1, 0.15) is 12.1 Å². The molecule has 170 valence electrons. The van der Waals surface area contributed by atoms with Crippen LogP contribution >= 0.6 is 23.6 Å². The highest BCUT2D eigenvalue weighted by atomic mass is 32.1. The number of alkyl halides is 3. The van der Waals surface area contributed by atoms with E-state index in [9.17, 15) is 13.2 Å². The number of ether oxygens (including phenoxy) is 2. The number of piperazine rings is 1. The van der Waals surface area contributed by atoms with Crippen LogP contribution in [-0.4, -0.2) is 60.4 Å². The van der Waals surface area contributed by atoms with Crippen LogP contribution in [0.25, 0.3) is 10.9 Å². The molecule has 0 bridgehead atoms. The Morgan fingerprint density at radius 2 is 1.75 bits per heavy atom. The van der Waals surface area contributed by atoms with Gasteiger partial charge in [0, 0.05) is 43.0 Å². The first-order valence-electron chi connectivity index (χ1n) is 9.63. The molecule has 0 spiro atoms. The number of rotatable bonds is 4. The van der Waals surface area contributed by atoms with Crippen molar-refractivity contribution < 1.29 is 22.6 Å². The first-order valence-corrected chi connectivity index (χ1v) is 10.9. The van der Waals surface area contributed by atoms with Crippen LogP contribution in [0.1, 0.15) is 5.56 Å². The molecule has 1 aliphatic heterocycles. The van der Waals surface area contributed by atoms with E-state index in [1.54, 1.807) is 14.2 Å². The Morgan fingerprint density at radius 3 is 2.38 bits per heavy atom. The second-order valence-electron chi connectivity index (χ2n) is 7.02. The van der Waals surface area contributed by atoms with E-state index in [4.69, 9.17) is 21.7 Å². The SMILES string of the molecule is COc1cc2ncnc(N3CCN(C(=S)Nc4cc(C(F)(F)F)cs4)CC3)c2cc1OC. The Bertz CT molecular complexity index is 1130. The van der Waals surface area contributed by atoms with Crippen LogP contribution in [-0.2, 0) is 6.18 Å². The Kier molecular flexibility index (Phi) is 6.24. The third-order valence-corrected chi connectivity index (χ3v) is 6.35. The summed E-state index contributed by atoms with van der Waals surface area (Å²) in [5.41, 5.74) is 0.0609. The average Bonchev–Trinajstić information content (AvgIpc) is 3.27. The van der Waals surface area contributed by atoms with Crippen molar-refractivity contribution in [3.63, 3.8) is 0 Å². The molecule has 2 aromatic heterocycles. The molecular formula is C20H20F3N5O2S2. The molecule has 1 aromatic carbocycles. The molecule has 0 unspecified atom stereocenters. The molecule has 3 aromatic rings. The summed E-state index contributed by atoms with van der Waals surface area (Å²) in [6.45, 7) is 2.48. The summed E-state index contributed by atoms with van der Waals surface area (Å²) >= 11 is 6.40. The van der Waals surface area contributed by atoms with E-state index >= 15 is 0 Å². The van der Waals surface area contributed by atoms with E-state index in [0.29, 0.717) is 47.8 Å². The number of methoxy groups -OCH3 is 2. The lowest BCUT2D eigenvalue weighted by molar-refractivity contribution is -0.137. The summed E-state index contributed by atoms with van der Waals surface area (Å²) in [4.78, 5) is 12.9. The summed E-state index contributed by atoms with van der Waals surface area (Å²) in [6.07, 6.45) is -2.85. The van der Waals surface area contributed by atoms with Crippen molar-refractivity contribution in [3.05, 3.63) is 35.5 Å². The summed E-state index contributed by atoms with van der Waals surface area (Å²) in [5.74, 6) is 1.96. The van der Waals surface area contributed by atoms with Gasteiger partial charge in [0.2, 0.25) is 0 Å². The number of thiophene rings is 1. The Balaban J connectivity index is 1.45. The van der Waals surface area contributed by atoms with Crippen LogP contribution in [0.2, 0.25) is 0 Å². The van der Waals surface area contributed by atoms with Crippen LogP contribution in [0.15, 0.2) is 29.9 Å². The van der Waals surface area contributed by atoms with Gasteiger partial charge in [-0.1, -0.05) is 0 Å². The number of thiocarbonyl (C=S) groups is 1. The summed E-state index contributed by atoms with van der Waals surface area (Å²) < 4.78 is 49.2. The van der Waals surface area contributed by atoms with E-state index in [2.05, 4.69) is 20.2 Å². The van der Waals surface area contributed by atoms with Gasteiger partial charge in [0.05, 0.1) is 30.3 Å². The van der Waals surface area contributed by atoms with Crippen molar-refractivity contribution in [1.82, 2.24) is 14.9 Å². The van der Waals surface area contributed by atoms with E-state index in [-0.39, 0.29) is 0 Å². The van der Waals surface area contributed by atoms with Gasteiger partial charge in [-0.05, 0) is 24.4 Å². The highest BCUT2D eigenvalue weighted by Gasteiger charge is 2.32. The number of aromatic nitrogens is 2. The average molecular weight is 484 g/mol. The molecule has 1 aliphatic rings. The molecule has 0 aliphatic carbocycles. The lowest BCUT2D eigenvalue weighted by Gasteiger charge is -2.37. The highest BCUT2D eigenvalue weighted by Crippen LogP contribution is 2.36. The van der Waals surface area contributed by atoms with E-state index < -0.39 is 11.7 Å². The standard InChI is InChI=1S/C20H20F3N5O2S2/c1-29-15-8-13-14(9-16(15)30-2)24-11-25-18(13)27-3-5-28(6-4-27)19(31)26-17-7-12(10-32-17)20(21,22)23/h7-11H,3-6H2,1-2H3,(H,26,31). The minimum absolute atomic E-state index is 0.368. The Morgan fingerprint density at radius 1 is 1.06 bits per heavy atom. The number of fused-ring (bicyclic) bond motifs is 1. The lowest BCUT2D eigenvalue weighted by atomic mass is 10.2. The predicted molar refractivity (Wildman–Crippen MR) is 122 cm³/mol. The zero-order valence-corrected chi connectivity index (χ0v) is 18.9. The van der Waals surface area contributed by atoms with E-state index in [0.717, 1.165) is 39.5 Å². The van der Waals surface area contributed by atoms with Crippen molar-refractivity contribution in [2.75, 3.05) is 50.6 Å². The quantitative estimate of drug-likeness (QED) is 0.553. The molecule has 4 rings (SSSR count). The topological polar surface area (TPSA) is 62.8 Å². The maximum atomic E-state index is 12.8. The van der Waals surface area contributed by atoms with Gasteiger partial charge in [-0.3, -0.25) is 0 Å². The molecule has 7 nitrogen and oxygen atoms in total. The molecule has 12 heteroatoms. The molecular weight excluding hydrogens is 463 g/mol. The van der Waals surface area contributed by atoms with Crippen LogP contribution in [0.5, 0.6) is 11.5 Å². The fraction of sp³-hybridized carbons (Fsp3) is 0.350. The van der Waals surface area contributed by atoms with Crippen LogP contribution in [0.4, 0.5) is 24.0 Å². The highest BCUT2D eigenvalue weighted by molar-refractivity contribution is 7.80. The Labute approximate surface area is 191 Å². The van der Waals surface area contributed by atoms with Crippen LogP contribution < -0.4 is 19.7 Å². The van der Waals surface area contributed by atoms with Gasteiger partial charge in [0.15, 0.2) is 16.6 Å². The molecule has 1 N–H and O–H groups in total. The van der Waals surface area contributed by atoms with Gasteiger partial charge < -0.3 is 24.6 Å². The van der Waals surface area contributed by atoms with E-state index in [1.807, 2.05) is 17.0 Å². The number of nitrogens with one attached hydrogen (secondary N) is 1. The minimum Gasteiger partial charge on any atom is -0.493 e. The normalized spacial score (nSPS) is 14.5. The molecule has 0 amide bonds. The first-order chi connectivity index (χ1) is 15.3.